The molecule has 10 nitrogen and oxygen atoms in total. The van der Waals surface area contributed by atoms with Crippen LogP contribution in [0.4, 0.5) is 0 Å². The first-order valence-corrected chi connectivity index (χ1v) is 5.14. The van der Waals surface area contributed by atoms with E-state index in [0.717, 1.165) is 0 Å². The zero-order valence-corrected chi connectivity index (χ0v) is 13.0. The maximum atomic E-state index is 7.42. The topological polar surface area (TPSA) is 229 Å². The van der Waals surface area contributed by atoms with Crippen LogP contribution in [0.15, 0.2) is 10.2 Å². The molecular formula is C8H24Cl2N10. The van der Waals surface area contributed by atoms with Crippen molar-refractivity contribution >= 4 is 36.5 Å². The van der Waals surface area contributed by atoms with Gasteiger partial charge in [0.25, 0.3) is 0 Å². The van der Waals surface area contributed by atoms with Gasteiger partial charge < -0.3 is 34.4 Å². The third kappa shape index (κ3) is 4.81. The summed E-state index contributed by atoms with van der Waals surface area (Å²) < 4.78 is 0. The van der Waals surface area contributed by atoms with E-state index < -0.39 is 23.4 Å². The minimum absolute atomic E-state index is 0. The highest BCUT2D eigenvalue weighted by molar-refractivity contribution is 5.89. The Kier molecular flexibility index (Phi) is 9.95. The average molecular weight is 331 g/mol. The Labute approximate surface area is 129 Å². The summed E-state index contributed by atoms with van der Waals surface area (Å²) in [5, 5.41) is 22.5. The number of hydrogen-bond donors (Lipinski definition) is 8. The van der Waals surface area contributed by atoms with E-state index in [4.69, 9.17) is 45.2 Å². The van der Waals surface area contributed by atoms with E-state index in [2.05, 4.69) is 10.2 Å². The molecule has 0 rings (SSSR count). The van der Waals surface area contributed by atoms with Crippen molar-refractivity contribution in [2.75, 3.05) is 0 Å². The zero-order valence-electron chi connectivity index (χ0n) is 11.3. The molecule has 0 radical (unpaired) electrons. The van der Waals surface area contributed by atoms with Crippen molar-refractivity contribution in [3.63, 3.8) is 0 Å². The van der Waals surface area contributed by atoms with Gasteiger partial charge in [-0.1, -0.05) is 0 Å². The molecule has 0 fully saturated rings. The summed E-state index contributed by atoms with van der Waals surface area (Å²) in [5.41, 5.74) is 30.0. The summed E-state index contributed by atoms with van der Waals surface area (Å²) in [6.07, 6.45) is -2.08. The van der Waals surface area contributed by atoms with Crippen LogP contribution in [-0.2, 0) is 0 Å². The van der Waals surface area contributed by atoms with Crippen LogP contribution >= 0.6 is 24.8 Å². The summed E-state index contributed by atoms with van der Waals surface area (Å²) >= 11 is 0. The molecule has 12 heteroatoms. The fourth-order valence-electron chi connectivity index (χ4n) is 0.808. The van der Waals surface area contributed by atoms with Gasteiger partial charge in [-0.15, -0.1) is 24.8 Å². The van der Waals surface area contributed by atoms with Gasteiger partial charge in [-0.25, -0.2) is 0 Å². The highest BCUT2D eigenvalue weighted by atomic mass is 35.5. The van der Waals surface area contributed by atoms with Gasteiger partial charge in [0.05, 0.1) is 12.3 Å². The van der Waals surface area contributed by atoms with E-state index in [1.54, 1.807) is 0 Å². The van der Waals surface area contributed by atoms with Crippen LogP contribution in [0.5, 0.6) is 0 Å². The fraction of sp³-hybridized carbons (Fsp3) is 0.750. The number of nitrogens with one attached hydrogen (secondary N) is 2. The summed E-state index contributed by atoms with van der Waals surface area (Å²) in [6, 6.07) is 0. The first-order valence-electron chi connectivity index (χ1n) is 5.14. The smallest absolute Gasteiger partial charge is 0.162 e. The lowest BCUT2D eigenvalue weighted by Gasteiger charge is -2.30. The van der Waals surface area contributed by atoms with Crippen LogP contribution < -0.4 is 34.4 Å². The second-order valence-electron chi connectivity index (χ2n) is 4.37. The first kappa shape index (κ1) is 24.0. The van der Waals surface area contributed by atoms with Crippen LogP contribution in [0.3, 0.4) is 0 Å². The number of amidine groups is 2. The normalized spacial score (nSPS) is 17.0. The number of hydrogen-bond acceptors (Lipinski definition) is 8. The molecule has 0 heterocycles. The predicted octanol–water partition coefficient (Wildman–Crippen LogP) is -1.84. The van der Waals surface area contributed by atoms with Gasteiger partial charge in [-0.05, 0) is 13.8 Å². The lowest BCUT2D eigenvalue weighted by atomic mass is 9.97. The largest absolute Gasteiger partial charge is 0.385 e. The van der Waals surface area contributed by atoms with Crippen LogP contribution in [0, 0.1) is 10.8 Å². The van der Waals surface area contributed by atoms with Crippen LogP contribution in [-0.4, -0.2) is 35.1 Å². The SMILES string of the molecule is CC(N=NC(C)(C(=N)N)C(N)N)(C(=N)N)C(N)N.Cl.Cl. The third-order valence-corrected chi connectivity index (χ3v) is 2.85. The fourth-order valence-corrected chi connectivity index (χ4v) is 0.808. The van der Waals surface area contributed by atoms with Gasteiger partial charge in [0.15, 0.2) is 11.1 Å². The standard InChI is InChI=1S/C8H22N10.2ClH/c1-7(3(9)10,4(11)12)17-18-8(2,5(13)14)6(15)16;;/h3,5H,9-10,13-14H2,1-2H3,(H3,11,12)(H3,15,16);2*1H. The highest BCUT2D eigenvalue weighted by Gasteiger charge is 2.38. The Morgan fingerprint density at radius 1 is 0.800 bits per heavy atom. The van der Waals surface area contributed by atoms with Crippen molar-refractivity contribution in [2.24, 2.45) is 44.6 Å². The molecular weight excluding hydrogens is 307 g/mol. The monoisotopic (exact) mass is 330 g/mol. The number of azo groups is 1. The zero-order chi connectivity index (χ0) is 14.7. The van der Waals surface area contributed by atoms with Crippen molar-refractivity contribution in [3.8, 4) is 0 Å². The molecule has 120 valence electrons. The van der Waals surface area contributed by atoms with E-state index in [0.29, 0.717) is 0 Å². The Morgan fingerprint density at radius 3 is 1.10 bits per heavy atom. The van der Waals surface area contributed by atoms with Gasteiger partial charge in [0.1, 0.15) is 11.7 Å². The minimum atomic E-state index is -1.41. The van der Waals surface area contributed by atoms with Crippen molar-refractivity contribution in [1.82, 2.24) is 0 Å². The van der Waals surface area contributed by atoms with E-state index in [9.17, 15) is 0 Å². The molecule has 2 unspecified atom stereocenters. The van der Waals surface area contributed by atoms with E-state index >= 15 is 0 Å². The van der Waals surface area contributed by atoms with Crippen molar-refractivity contribution < 1.29 is 0 Å². The number of nitrogens with zero attached hydrogens (tertiary/aromatic N) is 2. The van der Waals surface area contributed by atoms with Crippen LogP contribution in [0.1, 0.15) is 13.8 Å². The lowest BCUT2D eigenvalue weighted by molar-refractivity contribution is 0.412. The Bertz CT molecular complexity index is 336. The molecule has 0 saturated heterocycles. The molecule has 0 amide bonds. The van der Waals surface area contributed by atoms with Crippen LogP contribution in [0.2, 0.25) is 0 Å². The maximum Gasteiger partial charge on any atom is 0.162 e. The Balaban J connectivity index is -0.00000144. The average Bonchev–Trinajstić information content (AvgIpc) is 2.23. The molecule has 20 heavy (non-hydrogen) atoms. The molecule has 2 atom stereocenters. The van der Waals surface area contributed by atoms with Crippen LogP contribution in [0.25, 0.3) is 0 Å². The summed E-state index contributed by atoms with van der Waals surface area (Å²) in [5.74, 6) is -0.726. The number of rotatable bonds is 6. The second-order valence-corrected chi connectivity index (χ2v) is 4.37. The van der Waals surface area contributed by atoms with Crippen molar-refractivity contribution in [3.05, 3.63) is 0 Å². The minimum Gasteiger partial charge on any atom is -0.385 e. The molecule has 14 N–H and O–H groups in total. The van der Waals surface area contributed by atoms with E-state index in [-0.39, 0.29) is 36.5 Å². The molecule has 0 bridgehead atoms. The number of halogens is 2. The van der Waals surface area contributed by atoms with Gasteiger partial charge in [-0.2, -0.15) is 10.2 Å². The predicted molar refractivity (Wildman–Crippen MR) is 84.3 cm³/mol. The van der Waals surface area contributed by atoms with Gasteiger partial charge in [0, 0.05) is 0 Å². The Morgan fingerprint density at radius 2 is 1.00 bits per heavy atom. The maximum absolute atomic E-state index is 7.42. The molecule has 0 aromatic carbocycles. The molecule has 0 spiro atoms. The number of nitrogens with two attached hydrogens (primary N) is 6. The quantitative estimate of drug-likeness (QED) is 0.120. The summed E-state index contributed by atoms with van der Waals surface area (Å²) in [4.78, 5) is 0. The molecule has 0 aliphatic rings. The summed E-state index contributed by atoms with van der Waals surface area (Å²) in [7, 11) is 0. The highest BCUT2D eigenvalue weighted by Crippen LogP contribution is 2.18. The third-order valence-electron chi connectivity index (χ3n) is 2.85. The Hall–Kier alpha value is -1.04. The van der Waals surface area contributed by atoms with Crippen molar-refractivity contribution in [1.29, 1.82) is 10.8 Å². The van der Waals surface area contributed by atoms with E-state index in [1.807, 2.05) is 0 Å². The first-order chi connectivity index (χ1) is 7.98. The van der Waals surface area contributed by atoms with Gasteiger partial charge in [0.2, 0.25) is 0 Å². The molecule has 0 aromatic heterocycles. The second kappa shape index (κ2) is 8.29. The molecule has 0 saturated carbocycles. The molecule has 0 aliphatic carbocycles. The molecule has 0 aliphatic heterocycles. The van der Waals surface area contributed by atoms with E-state index in [1.165, 1.54) is 13.8 Å². The summed E-state index contributed by atoms with van der Waals surface area (Å²) in [6.45, 7) is 2.87. The lowest BCUT2D eigenvalue weighted by Crippen LogP contribution is -2.60. The van der Waals surface area contributed by atoms with Gasteiger partial charge >= 0.3 is 0 Å². The molecule has 0 aromatic rings. The van der Waals surface area contributed by atoms with Crippen molar-refractivity contribution in [2.45, 2.75) is 37.3 Å². The van der Waals surface area contributed by atoms with Gasteiger partial charge in [-0.3, -0.25) is 10.8 Å².